The largest absolute Gasteiger partial charge is 0.0888 e. The van der Waals surface area contributed by atoms with Crippen LogP contribution >= 0.6 is 11.8 Å². The van der Waals surface area contributed by atoms with E-state index in [4.69, 9.17) is 19.2 Å². The average Bonchev–Trinajstić information content (AvgIpc) is 3.18. The molecule has 1 aliphatic rings. The van der Waals surface area contributed by atoms with Gasteiger partial charge >= 0.3 is 0 Å². The second kappa shape index (κ2) is 8.09. The van der Waals surface area contributed by atoms with Crippen molar-refractivity contribution >= 4 is 44.1 Å². The predicted octanol–water partition coefficient (Wildman–Crippen LogP) is 10.6. The molecule has 0 saturated heterocycles. The molecule has 1 heterocycles. The van der Waals surface area contributed by atoms with E-state index in [1.165, 1.54) is 6.07 Å². The second-order valence-corrected chi connectivity index (χ2v) is 9.21. The molecule has 0 amide bonds. The Labute approximate surface area is 248 Å². The fourth-order valence-corrected chi connectivity index (χ4v) is 5.80. The number of fused-ring (bicyclic) bond motifs is 4. The van der Waals surface area contributed by atoms with Crippen LogP contribution < -0.4 is 0 Å². The number of benzene rings is 7. The van der Waals surface area contributed by atoms with Crippen molar-refractivity contribution in [3.05, 3.63) is 133 Å². The normalized spacial score (nSPS) is 19.8. The van der Waals surface area contributed by atoms with Crippen molar-refractivity contribution in [2.24, 2.45) is 0 Å². The summed E-state index contributed by atoms with van der Waals surface area (Å²) in [4.78, 5) is 0.177. The zero-order chi connectivity index (χ0) is 41.8. The lowest BCUT2D eigenvalue weighted by molar-refractivity contribution is 1.40. The van der Waals surface area contributed by atoms with Gasteiger partial charge in [-0.05, 0) is 72.4 Å². The van der Waals surface area contributed by atoms with Gasteiger partial charge in [0.15, 0.2) is 0 Å². The van der Waals surface area contributed by atoms with Gasteiger partial charge in [0, 0.05) is 15.2 Å². The Morgan fingerprint density at radius 2 is 1.05 bits per heavy atom. The molecule has 0 aliphatic carbocycles. The Morgan fingerprint density at radius 3 is 1.92 bits per heavy atom. The highest BCUT2D eigenvalue weighted by molar-refractivity contribution is 7.99. The van der Waals surface area contributed by atoms with E-state index >= 15 is 0 Å². The number of hydrogen-bond donors (Lipinski definition) is 0. The molecule has 37 heavy (non-hydrogen) atoms. The van der Waals surface area contributed by atoms with E-state index in [1.54, 1.807) is 0 Å². The molecule has 0 N–H and O–H groups in total. The maximum atomic E-state index is 9.59. The molecule has 0 unspecified atom stereocenters. The van der Waals surface area contributed by atoms with Crippen LogP contribution in [0.15, 0.2) is 143 Å². The van der Waals surface area contributed by atoms with Gasteiger partial charge in [-0.25, -0.2) is 0 Å². The van der Waals surface area contributed by atoms with Crippen molar-refractivity contribution in [3.63, 3.8) is 0 Å². The van der Waals surface area contributed by atoms with Gasteiger partial charge in [-0.3, -0.25) is 0 Å². The molecular formula is C36H22S. The molecular weight excluding hydrogens is 464 g/mol. The molecule has 172 valence electrons. The van der Waals surface area contributed by atoms with E-state index in [1.807, 2.05) is 0 Å². The topological polar surface area (TPSA) is 0 Å². The quantitative estimate of drug-likeness (QED) is 0.210. The molecule has 7 aromatic rings. The lowest BCUT2D eigenvalue weighted by atomic mass is 9.84. The third-order valence-electron chi connectivity index (χ3n) is 6.28. The molecule has 8 rings (SSSR count). The SMILES string of the molecule is [2H]c1cc2c(c([2H])c1[2H])-c1c([2H])c([2H])c(-c3c4c([2H])c([2H])c([2H])cc4c(-c4c([2H])c([2H])c([2H])c([2H])c4[2H])c4c([2H])c([2H])c([2H])c([2H])c34)c3c([2H])c([2H])c([2H])c(c13)S2. The van der Waals surface area contributed by atoms with Gasteiger partial charge in [0.1, 0.15) is 0 Å². The minimum absolute atomic E-state index is 0.00762. The van der Waals surface area contributed by atoms with Crippen LogP contribution in [0, 0.1) is 0 Å². The number of rotatable bonds is 2. The van der Waals surface area contributed by atoms with E-state index in [-0.39, 0.29) is 43.1 Å². The van der Waals surface area contributed by atoms with Gasteiger partial charge in [0.05, 0.1) is 27.4 Å². The summed E-state index contributed by atoms with van der Waals surface area (Å²) in [5, 5.41) is -1.99. The molecule has 0 saturated carbocycles. The summed E-state index contributed by atoms with van der Waals surface area (Å²) in [7, 11) is 0. The fourth-order valence-electron chi connectivity index (χ4n) is 4.80. The van der Waals surface area contributed by atoms with Crippen LogP contribution in [0.2, 0.25) is 0 Å². The third kappa shape index (κ3) is 3.05. The van der Waals surface area contributed by atoms with Crippen molar-refractivity contribution in [2.75, 3.05) is 0 Å². The molecule has 0 radical (unpaired) electrons. The Balaban J connectivity index is 1.76. The van der Waals surface area contributed by atoms with Gasteiger partial charge < -0.3 is 0 Å². The third-order valence-corrected chi connectivity index (χ3v) is 7.33. The predicted molar refractivity (Wildman–Crippen MR) is 159 cm³/mol. The summed E-state index contributed by atoms with van der Waals surface area (Å²) in [6.45, 7) is 0. The Hall–Kier alpha value is -4.33. The van der Waals surface area contributed by atoms with Crippen molar-refractivity contribution in [1.29, 1.82) is 0 Å². The minimum Gasteiger partial charge on any atom is -0.0888 e. The monoisotopic (exact) mass is 506 g/mol. The summed E-state index contributed by atoms with van der Waals surface area (Å²) in [5.74, 6) is 0. The first kappa shape index (κ1) is 9.20. The zero-order valence-corrected chi connectivity index (χ0v) is 19.4. The first-order valence-corrected chi connectivity index (χ1v) is 11.9. The van der Waals surface area contributed by atoms with Crippen molar-refractivity contribution in [3.8, 4) is 33.4 Å². The highest BCUT2D eigenvalue weighted by Crippen LogP contribution is 2.51. The maximum absolute atomic E-state index is 9.59. The average molecular weight is 507 g/mol. The van der Waals surface area contributed by atoms with Crippen molar-refractivity contribution in [1.82, 2.24) is 0 Å². The van der Waals surface area contributed by atoms with E-state index < -0.39 is 153 Å². The molecule has 0 spiro atoms. The van der Waals surface area contributed by atoms with Crippen molar-refractivity contribution in [2.45, 2.75) is 9.79 Å². The standard InChI is InChI=1S/C36H22S/c1-2-11-23(12-3-1)34-25-14-4-6-16-27(25)35(28-17-7-5-15-26(28)34)31-22-21-30-24-13-8-9-19-32(24)37-33-20-10-18-29(31)36(30)33/h1-22H/i1D,2D,3D,4D,5D,6D,7D,8D,9D,10D,11D,12D,13D,14D,16D,17D,18D,20D,21D,22D. The molecule has 0 aromatic heterocycles. The minimum atomic E-state index is -0.826. The Bertz CT molecular complexity index is 3070. The Kier molecular flexibility index (Phi) is 2.01. The lowest BCUT2D eigenvalue weighted by Crippen LogP contribution is -1.95. The summed E-state index contributed by atoms with van der Waals surface area (Å²) in [5.41, 5.74) is -1.98. The molecule has 0 atom stereocenters. The van der Waals surface area contributed by atoms with Gasteiger partial charge in [-0.15, -0.1) is 0 Å². The van der Waals surface area contributed by atoms with Crippen LogP contribution in [0.4, 0.5) is 0 Å². The van der Waals surface area contributed by atoms with E-state index in [0.717, 1.165) is 17.8 Å². The first-order valence-electron chi connectivity index (χ1n) is 21.1. The highest BCUT2D eigenvalue weighted by atomic mass is 32.2. The van der Waals surface area contributed by atoms with Gasteiger partial charge in [-0.2, -0.15) is 0 Å². The second-order valence-electron chi connectivity index (χ2n) is 8.16. The van der Waals surface area contributed by atoms with Crippen LogP contribution in [0.5, 0.6) is 0 Å². The van der Waals surface area contributed by atoms with Crippen LogP contribution in [0.3, 0.4) is 0 Å². The summed E-state index contributed by atoms with van der Waals surface area (Å²) in [6.07, 6.45) is 0. The number of hydrogen-bond acceptors (Lipinski definition) is 1. The van der Waals surface area contributed by atoms with Gasteiger partial charge in [0.25, 0.3) is 0 Å². The Morgan fingerprint density at radius 1 is 0.405 bits per heavy atom. The van der Waals surface area contributed by atoms with Crippen LogP contribution in [-0.4, -0.2) is 0 Å². The van der Waals surface area contributed by atoms with Crippen LogP contribution in [0.25, 0.3) is 65.7 Å². The van der Waals surface area contributed by atoms with Gasteiger partial charge in [0.2, 0.25) is 0 Å². The summed E-state index contributed by atoms with van der Waals surface area (Å²) >= 11 is 0.847. The molecule has 7 aromatic carbocycles. The first-order chi connectivity index (χ1) is 26.7. The smallest absolute Gasteiger partial charge is 0.0635 e. The lowest BCUT2D eigenvalue weighted by Gasteiger charge is -2.23. The van der Waals surface area contributed by atoms with E-state index in [9.17, 15) is 8.22 Å². The summed E-state index contributed by atoms with van der Waals surface area (Å²) < 4.78 is 177. The van der Waals surface area contributed by atoms with Crippen LogP contribution in [-0.2, 0) is 0 Å². The summed E-state index contributed by atoms with van der Waals surface area (Å²) in [6, 6.07) is -11.3. The highest BCUT2D eigenvalue weighted by Gasteiger charge is 2.22. The molecule has 0 fully saturated rings. The zero-order valence-electron chi connectivity index (χ0n) is 38.6. The molecule has 0 bridgehead atoms. The molecule has 1 aliphatic heterocycles. The van der Waals surface area contributed by atoms with Crippen LogP contribution in [0.1, 0.15) is 27.4 Å². The van der Waals surface area contributed by atoms with E-state index in [0.29, 0.717) is 0 Å². The fraction of sp³-hybridized carbons (Fsp3) is 0. The molecule has 1 heteroatoms. The van der Waals surface area contributed by atoms with Gasteiger partial charge in [-0.1, -0.05) is 133 Å². The van der Waals surface area contributed by atoms with E-state index in [2.05, 4.69) is 0 Å². The molecule has 0 nitrogen and oxygen atoms in total. The van der Waals surface area contributed by atoms with Crippen molar-refractivity contribution < 1.29 is 27.4 Å². The maximum Gasteiger partial charge on any atom is 0.0635 e.